The lowest BCUT2D eigenvalue weighted by atomic mass is 9.87. The van der Waals surface area contributed by atoms with Crippen LogP contribution in [0.25, 0.3) is 0 Å². The van der Waals surface area contributed by atoms with Gasteiger partial charge in [0.25, 0.3) is 0 Å². The predicted molar refractivity (Wildman–Crippen MR) is 97.7 cm³/mol. The number of hydrogen-bond acceptors (Lipinski definition) is 3. The minimum atomic E-state index is -0.875. The van der Waals surface area contributed by atoms with Gasteiger partial charge in [0.15, 0.2) is 0 Å². The quantitative estimate of drug-likeness (QED) is 0.753. The molecule has 0 aromatic heterocycles. The third-order valence-corrected chi connectivity index (χ3v) is 4.56. The van der Waals surface area contributed by atoms with E-state index in [1.54, 1.807) is 0 Å². The highest BCUT2D eigenvalue weighted by Gasteiger charge is 2.33. The van der Waals surface area contributed by atoms with Gasteiger partial charge in [-0.15, -0.1) is 0 Å². The van der Waals surface area contributed by atoms with Crippen LogP contribution in [0.4, 0.5) is 4.39 Å². The zero-order chi connectivity index (χ0) is 18.8. The number of nitriles is 1. The fourth-order valence-electron chi connectivity index (χ4n) is 3.26. The summed E-state index contributed by atoms with van der Waals surface area (Å²) >= 11 is 0. The molecule has 0 aliphatic carbocycles. The third kappa shape index (κ3) is 3.13. The minimum Gasteiger partial charge on any atom is -0.457 e. The fourth-order valence-corrected chi connectivity index (χ4v) is 3.26. The minimum absolute atomic E-state index is 0.311. The monoisotopic (exact) mass is 358 g/mol. The van der Waals surface area contributed by atoms with Crippen LogP contribution < -0.4 is 10.1 Å². The van der Waals surface area contributed by atoms with Gasteiger partial charge in [-0.25, -0.2) is 4.39 Å². The number of halogens is 1. The van der Waals surface area contributed by atoms with E-state index in [4.69, 9.17) is 4.74 Å². The maximum absolute atomic E-state index is 13.2. The van der Waals surface area contributed by atoms with Gasteiger partial charge in [0.1, 0.15) is 23.4 Å². The number of amides is 1. The fraction of sp³-hybridized carbons (Fsp3) is 0.0909. The number of ether oxygens (including phenoxy) is 1. The number of nitrogens with zero attached hydrogens (tertiary/aromatic N) is 1. The largest absolute Gasteiger partial charge is 0.457 e. The van der Waals surface area contributed by atoms with Crippen LogP contribution in [0.1, 0.15) is 28.7 Å². The summed E-state index contributed by atoms with van der Waals surface area (Å²) < 4.78 is 19.1. The van der Waals surface area contributed by atoms with Crippen LogP contribution >= 0.6 is 0 Å². The Bertz CT molecular complexity index is 995. The summed E-state index contributed by atoms with van der Waals surface area (Å²) in [6.45, 7) is 0. The van der Waals surface area contributed by atoms with Crippen molar-refractivity contribution in [1.29, 1.82) is 5.26 Å². The van der Waals surface area contributed by atoms with Crippen LogP contribution in [0.2, 0.25) is 0 Å². The number of hydrogen-bond donors (Lipinski definition) is 1. The molecular weight excluding hydrogens is 343 g/mol. The number of nitrogens with one attached hydrogen (secondary N) is 1. The van der Waals surface area contributed by atoms with Gasteiger partial charge >= 0.3 is 0 Å². The van der Waals surface area contributed by atoms with Gasteiger partial charge in [0, 0.05) is 11.1 Å². The van der Waals surface area contributed by atoms with Crippen molar-refractivity contribution >= 4 is 5.91 Å². The van der Waals surface area contributed by atoms with Crippen molar-refractivity contribution in [3.8, 4) is 17.6 Å². The number of carbonyl (C=O) groups excluding carboxylic acids is 1. The molecule has 1 heterocycles. The molecule has 0 unspecified atom stereocenters. The summed E-state index contributed by atoms with van der Waals surface area (Å²) in [5, 5.41) is 12.3. The van der Waals surface area contributed by atoms with E-state index >= 15 is 0 Å². The molecule has 0 radical (unpaired) electrons. The Kier molecular flexibility index (Phi) is 4.31. The van der Waals surface area contributed by atoms with Crippen LogP contribution in [-0.2, 0) is 4.79 Å². The first kappa shape index (κ1) is 16.8. The van der Waals surface area contributed by atoms with Gasteiger partial charge in [-0.2, -0.15) is 5.26 Å². The van der Waals surface area contributed by atoms with Gasteiger partial charge in [-0.05, 0) is 29.8 Å². The highest BCUT2D eigenvalue weighted by molar-refractivity contribution is 5.90. The van der Waals surface area contributed by atoms with Crippen molar-refractivity contribution in [2.75, 3.05) is 0 Å². The molecule has 1 aliphatic heterocycles. The molecule has 1 amide bonds. The topological polar surface area (TPSA) is 62.1 Å². The molecule has 5 heteroatoms. The summed E-state index contributed by atoms with van der Waals surface area (Å²) in [7, 11) is 0. The molecule has 0 bridgehead atoms. The second kappa shape index (κ2) is 6.93. The first-order chi connectivity index (χ1) is 13.2. The third-order valence-electron chi connectivity index (χ3n) is 4.56. The van der Waals surface area contributed by atoms with Crippen molar-refractivity contribution in [3.05, 3.63) is 95.3 Å². The summed E-state index contributed by atoms with van der Waals surface area (Å²) in [6, 6.07) is 21.4. The van der Waals surface area contributed by atoms with Crippen molar-refractivity contribution in [2.24, 2.45) is 0 Å². The Morgan fingerprint density at radius 1 is 0.963 bits per heavy atom. The number of para-hydroxylation sites is 2. The van der Waals surface area contributed by atoms with Crippen LogP contribution in [0, 0.1) is 17.1 Å². The zero-order valence-corrected chi connectivity index (χ0v) is 14.2. The van der Waals surface area contributed by atoms with Gasteiger partial charge < -0.3 is 10.1 Å². The van der Waals surface area contributed by atoms with Gasteiger partial charge in [-0.3, -0.25) is 4.79 Å². The van der Waals surface area contributed by atoms with E-state index in [0.717, 1.165) is 11.1 Å². The van der Waals surface area contributed by atoms with E-state index in [1.165, 1.54) is 24.3 Å². The smallest absolute Gasteiger partial charge is 0.233 e. The van der Waals surface area contributed by atoms with Crippen molar-refractivity contribution < 1.29 is 13.9 Å². The van der Waals surface area contributed by atoms with Crippen LogP contribution in [-0.4, -0.2) is 5.91 Å². The SMILES string of the molecule is N#C[C@H](NC(=O)C1c2ccccc2Oc2ccccc21)c1ccc(F)cc1. The molecule has 0 spiro atoms. The first-order valence-electron chi connectivity index (χ1n) is 8.48. The first-order valence-corrected chi connectivity index (χ1v) is 8.48. The molecule has 0 saturated heterocycles. The van der Waals surface area contributed by atoms with Gasteiger partial charge in [0.2, 0.25) is 5.91 Å². The molecular formula is C22H15FN2O2. The van der Waals surface area contributed by atoms with Crippen molar-refractivity contribution in [3.63, 3.8) is 0 Å². The van der Waals surface area contributed by atoms with Crippen LogP contribution in [0.15, 0.2) is 72.8 Å². The Balaban J connectivity index is 1.69. The van der Waals surface area contributed by atoms with Gasteiger partial charge in [-0.1, -0.05) is 48.5 Å². The van der Waals surface area contributed by atoms with E-state index in [1.807, 2.05) is 48.5 Å². The van der Waals surface area contributed by atoms with Crippen LogP contribution in [0.5, 0.6) is 11.5 Å². The average Bonchev–Trinajstić information content (AvgIpc) is 2.70. The number of benzene rings is 3. The summed E-state index contributed by atoms with van der Waals surface area (Å²) in [5.41, 5.74) is 2.01. The molecule has 0 fully saturated rings. The number of carbonyl (C=O) groups is 1. The number of rotatable bonds is 3. The standard InChI is InChI=1S/C22H15FN2O2/c23-15-11-9-14(10-12-15)18(13-24)25-22(26)21-16-5-1-3-7-19(16)27-20-8-4-2-6-17(20)21/h1-12,18,21H,(H,25,26)/t18-/m0/s1. The molecule has 4 rings (SSSR count). The second-order valence-electron chi connectivity index (χ2n) is 6.23. The predicted octanol–water partition coefficient (Wildman–Crippen LogP) is 4.44. The Labute approximate surface area is 155 Å². The van der Waals surface area contributed by atoms with E-state index in [2.05, 4.69) is 11.4 Å². The normalized spacial score (nSPS) is 13.5. The maximum Gasteiger partial charge on any atom is 0.233 e. The van der Waals surface area contributed by atoms with E-state index in [-0.39, 0.29) is 5.91 Å². The highest BCUT2D eigenvalue weighted by atomic mass is 19.1. The zero-order valence-electron chi connectivity index (χ0n) is 14.2. The van der Waals surface area contributed by atoms with Crippen molar-refractivity contribution in [1.82, 2.24) is 5.32 Å². The maximum atomic E-state index is 13.2. The lowest BCUT2D eigenvalue weighted by Gasteiger charge is -2.28. The van der Waals surface area contributed by atoms with Crippen LogP contribution in [0.3, 0.4) is 0 Å². The molecule has 1 atom stereocenters. The summed E-state index contributed by atoms with van der Waals surface area (Å²) in [6.07, 6.45) is 0. The Morgan fingerprint density at radius 2 is 1.52 bits per heavy atom. The lowest BCUT2D eigenvalue weighted by molar-refractivity contribution is -0.122. The van der Waals surface area contributed by atoms with E-state index in [9.17, 15) is 14.4 Å². The molecule has 132 valence electrons. The lowest BCUT2D eigenvalue weighted by Crippen LogP contribution is -2.34. The Morgan fingerprint density at radius 3 is 2.07 bits per heavy atom. The molecule has 27 heavy (non-hydrogen) atoms. The molecule has 0 saturated carbocycles. The van der Waals surface area contributed by atoms with E-state index in [0.29, 0.717) is 17.1 Å². The summed E-state index contributed by atoms with van der Waals surface area (Å²) in [4.78, 5) is 13.1. The van der Waals surface area contributed by atoms with Crippen molar-refractivity contribution in [2.45, 2.75) is 12.0 Å². The van der Waals surface area contributed by atoms with Gasteiger partial charge in [0.05, 0.1) is 12.0 Å². The molecule has 1 aliphatic rings. The highest BCUT2D eigenvalue weighted by Crippen LogP contribution is 2.44. The summed E-state index contributed by atoms with van der Waals surface area (Å²) in [5.74, 6) is -0.0659. The molecule has 4 nitrogen and oxygen atoms in total. The molecule has 3 aromatic carbocycles. The second-order valence-corrected chi connectivity index (χ2v) is 6.23. The average molecular weight is 358 g/mol. The molecule has 1 N–H and O–H groups in total. The molecule has 3 aromatic rings. The Hall–Kier alpha value is -3.65. The van der Waals surface area contributed by atoms with E-state index < -0.39 is 17.8 Å². The number of fused-ring (bicyclic) bond motifs is 2.